The molecule has 0 saturated heterocycles. The fourth-order valence-corrected chi connectivity index (χ4v) is 2.15. The quantitative estimate of drug-likeness (QED) is 0.568. The lowest BCUT2D eigenvalue weighted by atomic mass is 10.1. The normalized spacial score (nSPS) is 10.4. The van der Waals surface area contributed by atoms with Crippen LogP contribution in [0.1, 0.15) is 10.4 Å². The summed E-state index contributed by atoms with van der Waals surface area (Å²) in [6.07, 6.45) is 2.15. The van der Waals surface area contributed by atoms with Gasteiger partial charge in [0.25, 0.3) is 0 Å². The molecule has 2 N–H and O–H groups in total. The number of phenols is 1. The summed E-state index contributed by atoms with van der Waals surface area (Å²) in [5.41, 5.74) is 1.85. The largest absolute Gasteiger partial charge is 0.508 e. The minimum Gasteiger partial charge on any atom is -0.508 e. The van der Waals surface area contributed by atoms with E-state index >= 15 is 0 Å². The van der Waals surface area contributed by atoms with Crippen molar-refractivity contribution in [2.24, 2.45) is 0 Å². The molecule has 3 rings (SSSR count). The van der Waals surface area contributed by atoms with E-state index in [1.165, 1.54) is 13.4 Å². The molecule has 0 spiro atoms. The summed E-state index contributed by atoms with van der Waals surface area (Å²) >= 11 is 0. The van der Waals surface area contributed by atoms with E-state index in [9.17, 15) is 9.90 Å². The highest BCUT2D eigenvalue weighted by molar-refractivity contribution is 5.96. The SMILES string of the molecule is COc1cc2c(Nc3ccc(O)cc3)ncnc2cc1C=O. The van der Waals surface area contributed by atoms with Crippen molar-refractivity contribution in [3.8, 4) is 11.5 Å². The lowest BCUT2D eigenvalue weighted by molar-refractivity contribution is 0.112. The summed E-state index contributed by atoms with van der Waals surface area (Å²) in [5, 5.41) is 13.2. The number of hydrogen-bond acceptors (Lipinski definition) is 6. The molecule has 0 aliphatic rings. The number of carbonyl (C=O) groups is 1. The number of benzene rings is 2. The summed E-state index contributed by atoms with van der Waals surface area (Å²) in [5.74, 6) is 1.24. The third kappa shape index (κ3) is 2.54. The lowest BCUT2D eigenvalue weighted by Crippen LogP contribution is -1.98. The molecular formula is C16H13N3O3. The Labute approximate surface area is 126 Å². The molecule has 0 radical (unpaired) electrons. The number of anilines is 2. The number of phenolic OH excluding ortho intramolecular Hbond substituents is 1. The van der Waals surface area contributed by atoms with Crippen LogP contribution in [0.15, 0.2) is 42.7 Å². The van der Waals surface area contributed by atoms with Crippen LogP contribution in [0.3, 0.4) is 0 Å². The number of aromatic hydroxyl groups is 1. The molecule has 1 aromatic heterocycles. The fourth-order valence-electron chi connectivity index (χ4n) is 2.15. The van der Waals surface area contributed by atoms with Crippen molar-refractivity contribution in [2.75, 3.05) is 12.4 Å². The number of aromatic nitrogens is 2. The van der Waals surface area contributed by atoms with Gasteiger partial charge < -0.3 is 15.2 Å². The Morgan fingerprint density at radius 3 is 2.64 bits per heavy atom. The second kappa shape index (κ2) is 5.69. The average Bonchev–Trinajstić information content (AvgIpc) is 2.56. The van der Waals surface area contributed by atoms with Crippen molar-refractivity contribution in [3.05, 3.63) is 48.3 Å². The van der Waals surface area contributed by atoms with Crippen LogP contribution in [-0.2, 0) is 0 Å². The second-order valence-corrected chi connectivity index (χ2v) is 4.62. The van der Waals surface area contributed by atoms with Gasteiger partial charge in [-0.25, -0.2) is 9.97 Å². The number of methoxy groups -OCH3 is 1. The molecule has 0 aliphatic heterocycles. The minimum atomic E-state index is 0.190. The van der Waals surface area contributed by atoms with E-state index in [1.807, 2.05) is 0 Å². The van der Waals surface area contributed by atoms with Gasteiger partial charge in [0.15, 0.2) is 6.29 Å². The minimum absolute atomic E-state index is 0.190. The van der Waals surface area contributed by atoms with Gasteiger partial charge in [0, 0.05) is 11.1 Å². The molecule has 1 heterocycles. The number of aldehydes is 1. The first-order chi connectivity index (χ1) is 10.7. The number of carbonyl (C=O) groups excluding carboxylic acids is 1. The highest BCUT2D eigenvalue weighted by atomic mass is 16.5. The number of rotatable bonds is 4. The molecule has 0 saturated carbocycles. The first-order valence-corrected chi connectivity index (χ1v) is 6.55. The molecule has 6 heteroatoms. The van der Waals surface area contributed by atoms with Gasteiger partial charge in [0.05, 0.1) is 18.2 Å². The molecule has 0 bridgehead atoms. The summed E-state index contributed by atoms with van der Waals surface area (Å²) in [7, 11) is 1.50. The third-order valence-corrected chi connectivity index (χ3v) is 3.24. The van der Waals surface area contributed by atoms with E-state index in [2.05, 4.69) is 15.3 Å². The van der Waals surface area contributed by atoms with Gasteiger partial charge in [-0.3, -0.25) is 4.79 Å². The topological polar surface area (TPSA) is 84.3 Å². The van der Waals surface area contributed by atoms with E-state index in [0.717, 1.165) is 17.4 Å². The van der Waals surface area contributed by atoms with Crippen LogP contribution in [0.5, 0.6) is 11.5 Å². The van der Waals surface area contributed by atoms with Crippen molar-refractivity contribution < 1.29 is 14.6 Å². The molecule has 0 atom stereocenters. The number of hydrogen-bond donors (Lipinski definition) is 2. The molecule has 0 unspecified atom stereocenters. The molecule has 2 aromatic carbocycles. The van der Waals surface area contributed by atoms with Crippen LogP contribution >= 0.6 is 0 Å². The summed E-state index contributed by atoms with van der Waals surface area (Å²) in [4.78, 5) is 19.5. The van der Waals surface area contributed by atoms with Crippen LogP contribution in [0.25, 0.3) is 10.9 Å². The van der Waals surface area contributed by atoms with Gasteiger partial charge in [-0.05, 0) is 36.4 Å². The zero-order chi connectivity index (χ0) is 15.5. The Kier molecular flexibility index (Phi) is 3.57. The van der Waals surface area contributed by atoms with E-state index in [4.69, 9.17) is 4.74 Å². The van der Waals surface area contributed by atoms with Crippen molar-refractivity contribution in [1.82, 2.24) is 9.97 Å². The maximum absolute atomic E-state index is 11.1. The zero-order valence-electron chi connectivity index (χ0n) is 11.8. The second-order valence-electron chi connectivity index (χ2n) is 4.62. The van der Waals surface area contributed by atoms with Crippen molar-refractivity contribution >= 4 is 28.7 Å². The summed E-state index contributed by atoms with van der Waals surface area (Å²) in [6.45, 7) is 0. The summed E-state index contributed by atoms with van der Waals surface area (Å²) in [6, 6.07) is 10.0. The Morgan fingerprint density at radius 1 is 1.18 bits per heavy atom. The Balaban J connectivity index is 2.09. The van der Waals surface area contributed by atoms with Gasteiger partial charge in [-0.15, -0.1) is 0 Å². The average molecular weight is 295 g/mol. The predicted molar refractivity (Wildman–Crippen MR) is 82.9 cm³/mol. The third-order valence-electron chi connectivity index (χ3n) is 3.24. The standard InChI is InChI=1S/C16H13N3O3/c1-22-15-7-13-14(6-10(15)8-20)17-9-18-16(13)19-11-2-4-12(21)5-3-11/h2-9,21H,1H3,(H,17,18,19). The van der Waals surface area contributed by atoms with E-state index in [0.29, 0.717) is 22.6 Å². The predicted octanol–water partition coefficient (Wildman–Crippen LogP) is 2.90. The maximum atomic E-state index is 11.1. The number of nitrogens with zero attached hydrogens (tertiary/aromatic N) is 2. The van der Waals surface area contributed by atoms with Crippen LogP contribution in [0, 0.1) is 0 Å². The first-order valence-electron chi connectivity index (χ1n) is 6.55. The van der Waals surface area contributed by atoms with Crippen molar-refractivity contribution in [3.63, 3.8) is 0 Å². The monoisotopic (exact) mass is 295 g/mol. The molecule has 0 fully saturated rings. The number of ether oxygens (including phenoxy) is 1. The maximum Gasteiger partial charge on any atom is 0.153 e. The lowest BCUT2D eigenvalue weighted by Gasteiger charge is -2.10. The zero-order valence-corrected chi connectivity index (χ0v) is 11.8. The van der Waals surface area contributed by atoms with E-state index in [-0.39, 0.29) is 5.75 Å². The van der Waals surface area contributed by atoms with Gasteiger partial charge >= 0.3 is 0 Å². The van der Waals surface area contributed by atoms with Gasteiger partial charge in [0.1, 0.15) is 23.6 Å². The highest BCUT2D eigenvalue weighted by Gasteiger charge is 2.10. The van der Waals surface area contributed by atoms with Crippen molar-refractivity contribution in [1.29, 1.82) is 0 Å². The van der Waals surface area contributed by atoms with E-state index in [1.54, 1.807) is 36.4 Å². The summed E-state index contributed by atoms with van der Waals surface area (Å²) < 4.78 is 5.22. The number of nitrogens with one attached hydrogen (secondary N) is 1. The van der Waals surface area contributed by atoms with Crippen LogP contribution < -0.4 is 10.1 Å². The van der Waals surface area contributed by atoms with Crippen LogP contribution in [0.4, 0.5) is 11.5 Å². The van der Waals surface area contributed by atoms with Gasteiger partial charge in [-0.1, -0.05) is 0 Å². The molecule has 0 amide bonds. The fraction of sp³-hybridized carbons (Fsp3) is 0.0625. The Hall–Kier alpha value is -3.15. The van der Waals surface area contributed by atoms with E-state index < -0.39 is 0 Å². The number of fused-ring (bicyclic) bond motifs is 1. The molecule has 110 valence electrons. The van der Waals surface area contributed by atoms with Gasteiger partial charge in [-0.2, -0.15) is 0 Å². The molecule has 3 aromatic rings. The molecule has 6 nitrogen and oxygen atoms in total. The molecular weight excluding hydrogens is 282 g/mol. The van der Waals surface area contributed by atoms with Crippen LogP contribution in [0.2, 0.25) is 0 Å². The van der Waals surface area contributed by atoms with Crippen molar-refractivity contribution in [2.45, 2.75) is 0 Å². The Morgan fingerprint density at radius 2 is 1.95 bits per heavy atom. The van der Waals surface area contributed by atoms with Gasteiger partial charge in [0.2, 0.25) is 0 Å². The molecule has 0 aliphatic carbocycles. The smallest absolute Gasteiger partial charge is 0.153 e. The van der Waals surface area contributed by atoms with Crippen LogP contribution in [-0.4, -0.2) is 28.5 Å². The molecule has 22 heavy (non-hydrogen) atoms. The highest BCUT2D eigenvalue weighted by Crippen LogP contribution is 2.29. The first kappa shape index (κ1) is 13.8. The Bertz CT molecular complexity index is 832.